The van der Waals surface area contributed by atoms with E-state index in [4.69, 9.17) is 16.3 Å². The average Bonchev–Trinajstić information content (AvgIpc) is 3.38. The maximum absolute atomic E-state index is 13.7. The molecule has 0 aliphatic carbocycles. The monoisotopic (exact) mass is 528 g/mol. The van der Waals surface area contributed by atoms with Crippen LogP contribution in [0.3, 0.4) is 0 Å². The third kappa shape index (κ3) is 5.52. The van der Waals surface area contributed by atoms with Gasteiger partial charge in [0.15, 0.2) is 5.82 Å². The van der Waals surface area contributed by atoms with Gasteiger partial charge in [-0.25, -0.2) is 4.68 Å². The van der Waals surface area contributed by atoms with Crippen LogP contribution in [0, 0.1) is 6.92 Å². The number of H-pyrrole nitrogens is 1. The van der Waals surface area contributed by atoms with Crippen molar-refractivity contribution < 1.29 is 4.74 Å². The van der Waals surface area contributed by atoms with Gasteiger partial charge in [-0.15, -0.1) is 5.10 Å². The molecule has 0 amide bonds. The van der Waals surface area contributed by atoms with Gasteiger partial charge in [0, 0.05) is 30.8 Å². The number of aromatic amines is 1. The van der Waals surface area contributed by atoms with Crippen LogP contribution in [0.25, 0.3) is 10.9 Å². The molecule has 0 saturated carbocycles. The molecule has 194 valence electrons. The second kappa shape index (κ2) is 11.7. The van der Waals surface area contributed by atoms with Crippen molar-refractivity contribution in [2.24, 2.45) is 0 Å². The Labute approximate surface area is 225 Å². The second-order valence-electron chi connectivity index (χ2n) is 9.23. The highest BCUT2D eigenvalue weighted by Gasteiger charge is 2.31. The van der Waals surface area contributed by atoms with Crippen molar-refractivity contribution in [3.8, 4) is 0 Å². The third-order valence-electron chi connectivity index (χ3n) is 6.65. The van der Waals surface area contributed by atoms with E-state index in [9.17, 15) is 4.79 Å². The van der Waals surface area contributed by atoms with E-state index in [1.807, 2.05) is 73.7 Å². The number of aryl methyl sites for hydroxylation is 1. The fraction of sp³-hybridized carbons (Fsp3) is 0.241. The number of pyridine rings is 1. The van der Waals surface area contributed by atoms with E-state index in [1.165, 1.54) is 0 Å². The minimum absolute atomic E-state index is 0.185. The van der Waals surface area contributed by atoms with Crippen LogP contribution in [0.2, 0.25) is 5.02 Å². The van der Waals surface area contributed by atoms with E-state index >= 15 is 0 Å². The standard InChI is InChI=1S/C29H29ClN6O2/c1-20-9-8-13-22-17-24(29(37)31-26(20)22)27(28-32-33-34-36(28)15-16-38-2)35(18-21-10-4-3-5-11-21)19-23-12-6-7-14-25(23)30/h3-14,17,27H,15-16,18-19H2,1-2H3,(H,31,37)/t27-/m1/s1. The molecule has 2 heterocycles. The summed E-state index contributed by atoms with van der Waals surface area (Å²) in [5.74, 6) is 0.558. The first-order valence-electron chi connectivity index (χ1n) is 12.4. The van der Waals surface area contributed by atoms with Crippen molar-refractivity contribution >= 4 is 22.5 Å². The number of para-hydroxylation sites is 1. The summed E-state index contributed by atoms with van der Waals surface area (Å²) in [6, 6.07) is 25.2. The Kier molecular flexibility index (Phi) is 7.93. The van der Waals surface area contributed by atoms with Crippen LogP contribution >= 0.6 is 11.6 Å². The predicted octanol–water partition coefficient (Wildman–Crippen LogP) is 4.91. The van der Waals surface area contributed by atoms with Gasteiger partial charge in [-0.2, -0.15) is 0 Å². The Morgan fingerprint density at radius 3 is 2.61 bits per heavy atom. The molecule has 8 nitrogen and oxygen atoms in total. The van der Waals surface area contributed by atoms with Gasteiger partial charge in [-0.05, 0) is 51.6 Å². The molecule has 9 heteroatoms. The van der Waals surface area contributed by atoms with Crippen molar-refractivity contribution in [1.82, 2.24) is 30.1 Å². The van der Waals surface area contributed by atoms with Gasteiger partial charge in [-0.3, -0.25) is 9.69 Å². The highest BCUT2D eigenvalue weighted by atomic mass is 35.5. The summed E-state index contributed by atoms with van der Waals surface area (Å²) in [6.45, 7) is 3.88. The quantitative estimate of drug-likeness (QED) is 0.277. The normalized spacial score (nSPS) is 12.3. The van der Waals surface area contributed by atoms with E-state index in [2.05, 4.69) is 37.5 Å². The first-order valence-corrected chi connectivity index (χ1v) is 12.8. The number of rotatable bonds is 10. The topological polar surface area (TPSA) is 88.9 Å². The molecule has 0 aliphatic rings. The average molecular weight is 529 g/mol. The Morgan fingerprint density at radius 2 is 1.82 bits per heavy atom. The summed E-state index contributed by atoms with van der Waals surface area (Å²) in [6.07, 6.45) is 0. The number of nitrogens with one attached hydrogen (secondary N) is 1. The van der Waals surface area contributed by atoms with E-state index in [0.29, 0.717) is 42.7 Å². The van der Waals surface area contributed by atoms with Crippen molar-refractivity contribution in [2.45, 2.75) is 32.6 Å². The number of hydrogen-bond donors (Lipinski definition) is 1. The number of hydrogen-bond acceptors (Lipinski definition) is 6. The van der Waals surface area contributed by atoms with Crippen LogP contribution in [0.1, 0.15) is 34.1 Å². The fourth-order valence-corrected chi connectivity index (χ4v) is 4.94. The van der Waals surface area contributed by atoms with E-state index in [-0.39, 0.29) is 5.56 Å². The van der Waals surface area contributed by atoms with Gasteiger partial charge in [0.1, 0.15) is 6.04 Å². The van der Waals surface area contributed by atoms with Crippen molar-refractivity contribution in [3.63, 3.8) is 0 Å². The molecule has 1 N–H and O–H groups in total. The maximum Gasteiger partial charge on any atom is 0.253 e. The molecule has 0 spiro atoms. The van der Waals surface area contributed by atoms with E-state index < -0.39 is 6.04 Å². The predicted molar refractivity (Wildman–Crippen MR) is 148 cm³/mol. The molecule has 2 aromatic heterocycles. The van der Waals surface area contributed by atoms with Gasteiger partial charge >= 0.3 is 0 Å². The Bertz CT molecular complexity index is 1580. The molecule has 0 radical (unpaired) electrons. The fourth-order valence-electron chi connectivity index (χ4n) is 4.75. The molecular weight excluding hydrogens is 500 g/mol. The number of halogens is 1. The lowest BCUT2D eigenvalue weighted by Gasteiger charge is -2.31. The molecule has 1 atom stereocenters. The number of nitrogens with zero attached hydrogens (tertiary/aromatic N) is 5. The SMILES string of the molecule is COCCn1nnnc1[C@@H](c1cc2cccc(C)c2[nH]c1=O)N(Cc1ccccc1)Cc1ccccc1Cl. The van der Waals surface area contributed by atoms with Crippen molar-refractivity contribution in [3.05, 3.63) is 122 Å². The number of methoxy groups -OCH3 is 1. The molecule has 0 aliphatic heterocycles. The lowest BCUT2D eigenvalue weighted by molar-refractivity contribution is 0.169. The second-order valence-corrected chi connectivity index (χ2v) is 9.64. The molecule has 3 aromatic carbocycles. The Hall–Kier alpha value is -3.85. The van der Waals surface area contributed by atoms with Crippen LogP contribution in [0.15, 0.2) is 83.7 Å². The Balaban J connectivity index is 1.71. The summed E-state index contributed by atoms with van der Waals surface area (Å²) >= 11 is 6.62. The van der Waals surface area contributed by atoms with Crippen LogP contribution in [-0.2, 0) is 24.4 Å². The summed E-state index contributed by atoms with van der Waals surface area (Å²) in [7, 11) is 1.64. The molecule has 0 bridgehead atoms. The lowest BCUT2D eigenvalue weighted by Crippen LogP contribution is -2.35. The highest BCUT2D eigenvalue weighted by molar-refractivity contribution is 6.31. The molecule has 5 rings (SSSR count). The minimum atomic E-state index is -0.563. The zero-order valence-corrected chi connectivity index (χ0v) is 22.1. The van der Waals surface area contributed by atoms with Gasteiger partial charge in [-0.1, -0.05) is 78.3 Å². The summed E-state index contributed by atoms with van der Waals surface area (Å²) < 4.78 is 7.01. The van der Waals surface area contributed by atoms with Crippen LogP contribution in [0.5, 0.6) is 0 Å². The zero-order valence-electron chi connectivity index (χ0n) is 21.3. The smallest absolute Gasteiger partial charge is 0.253 e. The molecule has 0 saturated heterocycles. The van der Waals surface area contributed by atoms with Crippen LogP contribution < -0.4 is 5.56 Å². The van der Waals surface area contributed by atoms with Gasteiger partial charge in [0.25, 0.3) is 5.56 Å². The largest absolute Gasteiger partial charge is 0.383 e. The molecule has 0 unspecified atom stereocenters. The molecular formula is C29H29ClN6O2. The van der Waals surface area contributed by atoms with Crippen LogP contribution in [-0.4, -0.2) is 43.8 Å². The maximum atomic E-state index is 13.7. The minimum Gasteiger partial charge on any atom is -0.383 e. The summed E-state index contributed by atoms with van der Waals surface area (Å²) in [5, 5.41) is 14.2. The lowest BCUT2D eigenvalue weighted by atomic mass is 10.0. The van der Waals surface area contributed by atoms with Crippen molar-refractivity contribution in [2.75, 3.05) is 13.7 Å². The molecule has 38 heavy (non-hydrogen) atoms. The first kappa shape index (κ1) is 25.8. The van der Waals surface area contributed by atoms with Gasteiger partial charge in [0.2, 0.25) is 0 Å². The van der Waals surface area contributed by atoms with Crippen LogP contribution in [0.4, 0.5) is 0 Å². The number of benzene rings is 3. The number of fused-ring (bicyclic) bond motifs is 1. The number of tetrazole rings is 1. The van der Waals surface area contributed by atoms with Crippen molar-refractivity contribution in [1.29, 1.82) is 0 Å². The van der Waals surface area contributed by atoms with Gasteiger partial charge in [0.05, 0.1) is 18.7 Å². The summed E-state index contributed by atoms with van der Waals surface area (Å²) in [4.78, 5) is 19.0. The van der Waals surface area contributed by atoms with E-state index in [0.717, 1.165) is 27.6 Å². The summed E-state index contributed by atoms with van der Waals surface area (Å²) in [5.41, 5.74) is 4.23. The zero-order chi connectivity index (χ0) is 26.5. The highest BCUT2D eigenvalue weighted by Crippen LogP contribution is 2.31. The molecule has 5 aromatic rings. The third-order valence-corrected chi connectivity index (χ3v) is 7.02. The Morgan fingerprint density at radius 1 is 1.03 bits per heavy atom. The number of aromatic nitrogens is 5. The van der Waals surface area contributed by atoms with E-state index in [1.54, 1.807) is 11.8 Å². The van der Waals surface area contributed by atoms with Gasteiger partial charge < -0.3 is 9.72 Å². The molecule has 0 fully saturated rings. The number of ether oxygens (including phenoxy) is 1. The first-order chi connectivity index (χ1) is 18.5.